The topological polar surface area (TPSA) is 18.5 Å². The van der Waals surface area contributed by atoms with Crippen molar-refractivity contribution >= 4 is 0 Å². The highest BCUT2D eigenvalue weighted by atomic mass is 15.2. The fourth-order valence-electron chi connectivity index (χ4n) is 3.45. The van der Waals surface area contributed by atoms with Crippen LogP contribution < -0.4 is 5.32 Å². The largest absolute Gasteiger partial charge is 0.320 e. The summed E-state index contributed by atoms with van der Waals surface area (Å²) in [5.41, 5.74) is 0. The van der Waals surface area contributed by atoms with Crippen molar-refractivity contribution in [3.05, 3.63) is 0 Å². The molecule has 2 rings (SSSR count). The first kappa shape index (κ1) is 14.3. The van der Waals surface area contributed by atoms with E-state index < -0.39 is 0 Å². The summed E-state index contributed by atoms with van der Waals surface area (Å²) < 4.78 is 0. The van der Waals surface area contributed by atoms with Gasteiger partial charge in [0.05, 0.1) is 0 Å². The zero-order chi connectivity index (χ0) is 12.6. The van der Waals surface area contributed by atoms with Crippen LogP contribution in [0.3, 0.4) is 0 Å². The van der Waals surface area contributed by atoms with Crippen LogP contribution in [-0.4, -0.2) is 62.2 Å². The van der Waals surface area contributed by atoms with Crippen LogP contribution in [0.15, 0.2) is 0 Å². The molecule has 0 radical (unpaired) electrons. The SMILES string of the molecule is CNCCC1CCCCN1CCN1CCCCC1. The molecule has 0 amide bonds. The first-order chi connectivity index (χ1) is 8.90. The van der Waals surface area contributed by atoms with Gasteiger partial charge in [-0.3, -0.25) is 4.90 Å². The molecule has 1 N–H and O–H groups in total. The lowest BCUT2D eigenvalue weighted by Gasteiger charge is -2.37. The third-order valence-corrected chi connectivity index (χ3v) is 4.63. The van der Waals surface area contributed by atoms with Crippen LogP contribution in [0.4, 0.5) is 0 Å². The Hall–Kier alpha value is -0.120. The minimum atomic E-state index is 0.844. The van der Waals surface area contributed by atoms with E-state index in [1.165, 1.54) is 84.2 Å². The number of rotatable bonds is 6. The van der Waals surface area contributed by atoms with E-state index in [1.807, 2.05) is 0 Å². The van der Waals surface area contributed by atoms with Crippen LogP contribution in [0, 0.1) is 0 Å². The fourth-order valence-corrected chi connectivity index (χ4v) is 3.45. The van der Waals surface area contributed by atoms with Crippen molar-refractivity contribution in [2.24, 2.45) is 0 Å². The summed E-state index contributed by atoms with van der Waals surface area (Å²) in [7, 11) is 2.07. The van der Waals surface area contributed by atoms with Crippen LogP contribution in [0.1, 0.15) is 44.9 Å². The lowest BCUT2D eigenvalue weighted by Crippen LogP contribution is -2.45. The number of nitrogens with zero attached hydrogens (tertiary/aromatic N) is 2. The predicted molar refractivity (Wildman–Crippen MR) is 78.0 cm³/mol. The Morgan fingerprint density at radius 2 is 1.72 bits per heavy atom. The third-order valence-electron chi connectivity index (χ3n) is 4.63. The van der Waals surface area contributed by atoms with E-state index in [-0.39, 0.29) is 0 Å². The maximum atomic E-state index is 3.30. The minimum absolute atomic E-state index is 0.844. The second-order valence-electron chi connectivity index (χ2n) is 5.98. The first-order valence-electron chi connectivity index (χ1n) is 8.01. The number of piperidine rings is 2. The molecule has 2 fully saturated rings. The monoisotopic (exact) mass is 253 g/mol. The van der Waals surface area contributed by atoms with E-state index in [1.54, 1.807) is 0 Å². The van der Waals surface area contributed by atoms with Gasteiger partial charge in [0.15, 0.2) is 0 Å². The zero-order valence-corrected chi connectivity index (χ0v) is 12.2. The van der Waals surface area contributed by atoms with Crippen molar-refractivity contribution in [2.45, 2.75) is 51.0 Å². The molecule has 0 bridgehead atoms. The summed E-state index contributed by atoms with van der Waals surface area (Å²) in [5, 5.41) is 3.30. The van der Waals surface area contributed by atoms with E-state index >= 15 is 0 Å². The van der Waals surface area contributed by atoms with Gasteiger partial charge < -0.3 is 10.2 Å². The smallest absolute Gasteiger partial charge is 0.0112 e. The Labute approximate surface area is 113 Å². The quantitative estimate of drug-likeness (QED) is 0.780. The molecule has 106 valence electrons. The van der Waals surface area contributed by atoms with Crippen LogP contribution in [0.25, 0.3) is 0 Å². The lowest BCUT2D eigenvalue weighted by molar-refractivity contribution is 0.113. The Kier molecular flexibility index (Phi) is 6.46. The van der Waals surface area contributed by atoms with Gasteiger partial charge in [-0.2, -0.15) is 0 Å². The van der Waals surface area contributed by atoms with E-state index in [0.717, 1.165) is 6.04 Å². The summed E-state index contributed by atoms with van der Waals surface area (Å²) >= 11 is 0. The van der Waals surface area contributed by atoms with Gasteiger partial charge in [-0.1, -0.05) is 12.8 Å². The molecular weight excluding hydrogens is 222 g/mol. The molecular formula is C15H31N3. The number of hydrogen-bond donors (Lipinski definition) is 1. The second kappa shape index (κ2) is 8.13. The highest BCUT2D eigenvalue weighted by Crippen LogP contribution is 2.19. The van der Waals surface area contributed by atoms with Crippen molar-refractivity contribution < 1.29 is 0 Å². The summed E-state index contributed by atoms with van der Waals surface area (Å²) in [6.07, 6.45) is 9.89. The second-order valence-corrected chi connectivity index (χ2v) is 5.98. The summed E-state index contributed by atoms with van der Waals surface area (Å²) in [6.45, 7) is 7.79. The normalized spacial score (nSPS) is 27.5. The molecule has 2 aliphatic rings. The van der Waals surface area contributed by atoms with Gasteiger partial charge in [0.2, 0.25) is 0 Å². The standard InChI is InChI=1S/C15H31N3/c1-16-9-8-15-7-3-6-12-18(15)14-13-17-10-4-2-5-11-17/h15-16H,2-14H2,1H3. The van der Waals surface area contributed by atoms with Gasteiger partial charge in [0.1, 0.15) is 0 Å². The highest BCUT2D eigenvalue weighted by molar-refractivity contribution is 4.78. The van der Waals surface area contributed by atoms with Crippen molar-refractivity contribution in [2.75, 3.05) is 46.3 Å². The molecule has 18 heavy (non-hydrogen) atoms. The molecule has 0 aromatic rings. The molecule has 0 aromatic heterocycles. The Bertz CT molecular complexity index is 214. The van der Waals surface area contributed by atoms with Crippen molar-refractivity contribution in [3.8, 4) is 0 Å². The zero-order valence-electron chi connectivity index (χ0n) is 12.2. The minimum Gasteiger partial charge on any atom is -0.320 e. The lowest BCUT2D eigenvalue weighted by atomic mass is 9.99. The number of hydrogen-bond acceptors (Lipinski definition) is 3. The van der Waals surface area contributed by atoms with Crippen LogP contribution in [-0.2, 0) is 0 Å². The summed E-state index contributed by atoms with van der Waals surface area (Å²) in [4.78, 5) is 5.43. The molecule has 1 atom stereocenters. The molecule has 2 aliphatic heterocycles. The molecule has 0 spiro atoms. The van der Waals surface area contributed by atoms with E-state index in [0.29, 0.717) is 0 Å². The van der Waals surface area contributed by atoms with Gasteiger partial charge in [-0.05, 0) is 65.3 Å². The maximum absolute atomic E-state index is 3.30. The highest BCUT2D eigenvalue weighted by Gasteiger charge is 2.22. The molecule has 0 aliphatic carbocycles. The van der Waals surface area contributed by atoms with Crippen molar-refractivity contribution in [1.82, 2.24) is 15.1 Å². The summed E-state index contributed by atoms with van der Waals surface area (Å²) in [6, 6.07) is 0.844. The average Bonchev–Trinajstić information content (AvgIpc) is 2.45. The van der Waals surface area contributed by atoms with Gasteiger partial charge >= 0.3 is 0 Å². The number of nitrogens with one attached hydrogen (secondary N) is 1. The number of likely N-dealkylation sites (tertiary alicyclic amines) is 2. The van der Waals surface area contributed by atoms with Crippen LogP contribution in [0.5, 0.6) is 0 Å². The van der Waals surface area contributed by atoms with Gasteiger partial charge in [-0.25, -0.2) is 0 Å². The summed E-state index contributed by atoms with van der Waals surface area (Å²) in [5.74, 6) is 0. The molecule has 0 aromatic carbocycles. The van der Waals surface area contributed by atoms with Gasteiger partial charge in [-0.15, -0.1) is 0 Å². The van der Waals surface area contributed by atoms with E-state index in [4.69, 9.17) is 0 Å². The van der Waals surface area contributed by atoms with E-state index in [2.05, 4.69) is 22.2 Å². The molecule has 2 saturated heterocycles. The average molecular weight is 253 g/mol. The van der Waals surface area contributed by atoms with Crippen molar-refractivity contribution in [3.63, 3.8) is 0 Å². The first-order valence-corrected chi connectivity index (χ1v) is 8.01. The molecule has 1 unspecified atom stereocenters. The van der Waals surface area contributed by atoms with Gasteiger partial charge in [0.25, 0.3) is 0 Å². The molecule has 0 saturated carbocycles. The molecule has 3 heteroatoms. The van der Waals surface area contributed by atoms with Crippen LogP contribution in [0.2, 0.25) is 0 Å². The Morgan fingerprint density at radius 1 is 0.944 bits per heavy atom. The van der Waals surface area contributed by atoms with Crippen molar-refractivity contribution in [1.29, 1.82) is 0 Å². The van der Waals surface area contributed by atoms with Crippen LogP contribution >= 0.6 is 0 Å². The fraction of sp³-hybridized carbons (Fsp3) is 1.00. The Morgan fingerprint density at radius 3 is 2.50 bits per heavy atom. The molecule has 2 heterocycles. The third kappa shape index (κ3) is 4.52. The van der Waals surface area contributed by atoms with Gasteiger partial charge in [0, 0.05) is 19.1 Å². The maximum Gasteiger partial charge on any atom is 0.0112 e. The predicted octanol–water partition coefficient (Wildman–Crippen LogP) is 1.94. The molecule has 3 nitrogen and oxygen atoms in total. The van der Waals surface area contributed by atoms with E-state index in [9.17, 15) is 0 Å². The Balaban J connectivity index is 1.70.